The Labute approximate surface area is 102 Å². The first-order valence-electron chi connectivity index (χ1n) is 6.17. The first-order chi connectivity index (χ1) is 8.20. The van der Waals surface area contributed by atoms with Crippen LogP contribution in [0.4, 0.5) is 10.1 Å². The number of carbonyl (C=O) groups excluding carboxylic acids is 1. The van der Waals surface area contributed by atoms with Crippen molar-refractivity contribution in [3.8, 4) is 0 Å². The minimum absolute atomic E-state index is 0.0608. The van der Waals surface area contributed by atoms with Crippen LogP contribution in [0.2, 0.25) is 0 Å². The Kier molecular flexibility index (Phi) is 5.13. The summed E-state index contributed by atoms with van der Waals surface area (Å²) in [5.74, 6) is -0.132. The molecule has 0 aromatic heterocycles. The van der Waals surface area contributed by atoms with E-state index in [1.54, 1.807) is 6.07 Å². The number of aryl methyl sites for hydroxylation is 1. The minimum Gasteiger partial charge on any atom is -0.368 e. The maximum atomic E-state index is 13.6. The molecular formula is C14H20FNO. The second-order valence-corrected chi connectivity index (χ2v) is 4.09. The first-order valence-corrected chi connectivity index (χ1v) is 6.17. The van der Waals surface area contributed by atoms with Gasteiger partial charge in [-0.3, -0.25) is 0 Å². The molecule has 1 fully saturated rings. The van der Waals surface area contributed by atoms with E-state index in [0.29, 0.717) is 12.2 Å². The number of nitrogens with zero attached hydrogens (tertiary/aromatic N) is 1. The molecule has 3 heteroatoms. The van der Waals surface area contributed by atoms with Gasteiger partial charge in [-0.15, -0.1) is 0 Å². The Morgan fingerprint density at radius 1 is 1.41 bits per heavy atom. The SMILES string of the molecule is CC.Cc1ccc(N2CCC(C=O)C2)c(F)c1. The molecule has 0 amide bonds. The molecule has 1 heterocycles. The van der Waals surface area contributed by atoms with Gasteiger partial charge in [0.05, 0.1) is 5.69 Å². The topological polar surface area (TPSA) is 20.3 Å². The number of hydrogen-bond acceptors (Lipinski definition) is 2. The zero-order valence-corrected chi connectivity index (χ0v) is 10.7. The third-order valence-electron chi connectivity index (χ3n) is 2.86. The fourth-order valence-electron chi connectivity index (χ4n) is 1.99. The average Bonchev–Trinajstić information content (AvgIpc) is 2.80. The largest absolute Gasteiger partial charge is 0.368 e. The van der Waals surface area contributed by atoms with Crippen LogP contribution in [-0.2, 0) is 4.79 Å². The van der Waals surface area contributed by atoms with Crippen LogP contribution in [0, 0.1) is 18.7 Å². The number of hydrogen-bond donors (Lipinski definition) is 0. The lowest BCUT2D eigenvalue weighted by atomic mass is 10.1. The monoisotopic (exact) mass is 237 g/mol. The highest BCUT2D eigenvalue weighted by molar-refractivity contribution is 5.59. The Morgan fingerprint density at radius 2 is 2.12 bits per heavy atom. The molecule has 1 aromatic rings. The molecule has 0 aliphatic carbocycles. The summed E-state index contributed by atoms with van der Waals surface area (Å²) in [7, 11) is 0. The van der Waals surface area contributed by atoms with E-state index in [1.807, 2.05) is 31.7 Å². The summed E-state index contributed by atoms with van der Waals surface area (Å²) in [5, 5.41) is 0. The van der Waals surface area contributed by atoms with Crippen LogP contribution in [0.3, 0.4) is 0 Å². The van der Waals surface area contributed by atoms with Crippen molar-refractivity contribution in [1.82, 2.24) is 0 Å². The van der Waals surface area contributed by atoms with Crippen LogP contribution in [-0.4, -0.2) is 19.4 Å². The van der Waals surface area contributed by atoms with Crippen LogP contribution in [0.1, 0.15) is 25.8 Å². The van der Waals surface area contributed by atoms with Crippen LogP contribution in [0.15, 0.2) is 18.2 Å². The zero-order chi connectivity index (χ0) is 12.8. The Morgan fingerprint density at radius 3 is 2.65 bits per heavy atom. The minimum atomic E-state index is -0.193. The van der Waals surface area contributed by atoms with Crippen molar-refractivity contribution >= 4 is 12.0 Å². The molecule has 1 aliphatic heterocycles. The van der Waals surface area contributed by atoms with Gasteiger partial charge in [-0.05, 0) is 31.0 Å². The molecular weight excluding hydrogens is 217 g/mol. The van der Waals surface area contributed by atoms with Gasteiger partial charge in [0.2, 0.25) is 0 Å². The molecule has 2 rings (SSSR count). The highest BCUT2D eigenvalue weighted by Crippen LogP contribution is 2.25. The van der Waals surface area contributed by atoms with Crippen molar-refractivity contribution in [1.29, 1.82) is 0 Å². The molecule has 94 valence electrons. The molecule has 1 aliphatic rings. The molecule has 1 saturated heterocycles. The van der Waals surface area contributed by atoms with Gasteiger partial charge in [0.15, 0.2) is 0 Å². The smallest absolute Gasteiger partial charge is 0.146 e. The summed E-state index contributed by atoms with van der Waals surface area (Å²) in [6, 6.07) is 5.22. The van der Waals surface area contributed by atoms with Gasteiger partial charge in [-0.1, -0.05) is 19.9 Å². The predicted octanol–water partition coefficient (Wildman–Crippen LogP) is 3.19. The summed E-state index contributed by atoms with van der Waals surface area (Å²) < 4.78 is 13.6. The molecule has 0 N–H and O–H groups in total. The summed E-state index contributed by atoms with van der Waals surface area (Å²) in [4.78, 5) is 12.5. The van der Waals surface area contributed by atoms with E-state index in [9.17, 15) is 9.18 Å². The number of carbonyl (C=O) groups is 1. The average molecular weight is 237 g/mol. The van der Waals surface area contributed by atoms with E-state index in [-0.39, 0.29) is 11.7 Å². The molecule has 1 aromatic carbocycles. The van der Waals surface area contributed by atoms with Crippen LogP contribution < -0.4 is 4.90 Å². The third kappa shape index (κ3) is 3.29. The number of aldehydes is 1. The van der Waals surface area contributed by atoms with Gasteiger partial charge in [0.1, 0.15) is 12.1 Å². The lowest BCUT2D eigenvalue weighted by Gasteiger charge is -2.18. The van der Waals surface area contributed by atoms with E-state index < -0.39 is 0 Å². The van der Waals surface area contributed by atoms with E-state index in [4.69, 9.17) is 0 Å². The van der Waals surface area contributed by atoms with E-state index in [0.717, 1.165) is 24.8 Å². The molecule has 2 nitrogen and oxygen atoms in total. The van der Waals surface area contributed by atoms with Crippen LogP contribution in [0.5, 0.6) is 0 Å². The Balaban J connectivity index is 0.000000686. The van der Waals surface area contributed by atoms with Crippen LogP contribution >= 0.6 is 0 Å². The second kappa shape index (κ2) is 6.38. The van der Waals surface area contributed by atoms with Crippen molar-refractivity contribution in [3.05, 3.63) is 29.6 Å². The van der Waals surface area contributed by atoms with Crippen molar-refractivity contribution in [2.75, 3.05) is 18.0 Å². The summed E-state index contributed by atoms with van der Waals surface area (Å²) in [5.41, 5.74) is 1.53. The molecule has 0 radical (unpaired) electrons. The molecule has 0 bridgehead atoms. The maximum absolute atomic E-state index is 13.6. The Bertz CT molecular complexity index is 378. The first kappa shape index (κ1) is 13.7. The quantitative estimate of drug-likeness (QED) is 0.736. The molecule has 17 heavy (non-hydrogen) atoms. The number of anilines is 1. The van der Waals surface area contributed by atoms with Crippen molar-refractivity contribution < 1.29 is 9.18 Å². The third-order valence-corrected chi connectivity index (χ3v) is 2.86. The van der Waals surface area contributed by atoms with Gasteiger partial charge in [-0.25, -0.2) is 4.39 Å². The molecule has 1 unspecified atom stereocenters. The molecule has 0 spiro atoms. The fraction of sp³-hybridized carbons (Fsp3) is 0.500. The predicted molar refractivity (Wildman–Crippen MR) is 68.9 cm³/mol. The second-order valence-electron chi connectivity index (χ2n) is 4.09. The van der Waals surface area contributed by atoms with Gasteiger partial charge < -0.3 is 9.69 Å². The van der Waals surface area contributed by atoms with Crippen LogP contribution in [0.25, 0.3) is 0 Å². The van der Waals surface area contributed by atoms with Gasteiger partial charge in [-0.2, -0.15) is 0 Å². The zero-order valence-electron chi connectivity index (χ0n) is 10.7. The number of halogens is 1. The molecule has 0 saturated carbocycles. The summed E-state index contributed by atoms with van der Waals surface area (Å²) in [6.45, 7) is 7.28. The van der Waals surface area contributed by atoms with E-state index in [1.165, 1.54) is 6.07 Å². The lowest BCUT2D eigenvalue weighted by molar-refractivity contribution is -0.110. The van der Waals surface area contributed by atoms with Gasteiger partial charge in [0.25, 0.3) is 0 Å². The summed E-state index contributed by atoms with van der Waals surface area (Å²) >= 11 is 0. The van der Waals surface area contributed by atoms with Gasteiger partial charge >= 0.3 is 0 Å². The normalized spacial score (nSPS) is 18.6. The van der Waals surface area contributed by atoms with E-state index in [2.05, 4.69) is 0 Å². The highest BCUT2D eigenvalue weighted by atomic mass is 19.1. The number of rotatable bonds is 2. The van der Waals surface area contributed by atoms with Crippen molar-refractivity contribution in [3.63, 3.8) is 0 Å². The maximum Gasteiger partial charge on any atom is 0.146 e. The Hall–Kier alpha value is -1.38. The number of benzene rings is 1. The standard InChI is InChI=1S/C12H14FNO.C2H6/c1-9-2-3-12(11(13)6-9)14-5-4-10(7-14)8-15;1-2/h2-3,6,8,10H,4-5,7H2,1H3;1-2H3. The lowest BCUT2D eigenvalue weighted by Crippen LogP contribution is -2.21. The highest BCUT2D eigenvalue weighted by Gasteiger charge is 2.23. The van der Waals surface area contributed by atoms with Crippen molar-refractivity contribution in [2.45, 2.75) is 27.2 Å². The fourth-order valence-corrected chi connectivity index (χ4v) is 1.99. The van der Waals surface area contributed by atoms with Crippen molar-refractivity contribution in [2.24, 2.45) is 5.92 Å². The van der Waals surface area contributed by atoms with Gasteiger partial charge in [0, 0.05) is 19.0 Å². The van der Waals surface area contributed by atoms with E-state index >= 15 is 0 Å². The molecule has 1 atom stereocenters. The summed E-state index contributed by atoms with van der Waals surface area (Å²) in [6.07, 6.45) is 1.79.